The molecular weight excluding hydrogens is 541 g/mol. The first-order valence-electron chi connectivity index (χ1n) is 10.6. The topological polar surface area (TPSA) is 92.0 Å². The Morgan fingerprint density at radius 1 is 1.31 bits per heavy atom. The number of nitrogens with zero attached hydrogens (tertiary/aromatic N) is 3. The Labute approximate surface area is 210 Å². The number of nitro groups is 1. The summed E-state index contributed by atoms with van der Waals surface area (Å²) < 4.78 is 5.94. The van der Waals surface area contributed by atoms with Crippen LogP contribution in [0.15, 0.2) is 46.8 Å². The average molecular weight is 574 g/mol. The molecule has 0 amide bonds. The second kappa shape index (κ2) is 13.7. The minimum Gasteiger partial charge on any atom is -0.374 e. The van der Waals surface area contributed by atoms with Crippen LogP contribution in [-0.4, -0.2) is 54.7 Å². The van der Waals surface area contributed by atoms with E-state index in [0.29, 0.717) is 31.5 Å². The van der Waals surface area contributed by atoms with Crippen LogP contribution >= 0.6 is 35.3 Å². The van der Waals surface area contributed by atoms with Gasteiger partial charge in [0, 0.05) is 43.2 Å². The number of hydrogen-bond donors (Lipinski definition) is 2. The Hall–Kier alpha value is -1.76. The largest absolute Gasteiger partial charge is 0.374 e. The SMILES string of the molecule is CC(C)CN1CCOC(CNC(=NCc2ccc([N+](=O)[O-])cc2)NCc2cccs2)C1.I. The van der Waals surface area contributed by atoms with Crippen LogP contribution in [0, 0.1) is 16.0 Å². The lowest BCUT2D eigenvalue weighted by Crippen LogP contribution is -2.50. The van der Waals surface area contributed by atoms with Crippen molar-refractivity contribution in [2.45, 2.75) is 33.0 Å². The molecule has 1 aromatic carbocycles. The molecule has 0 spiro atoms. The number of halogens is 1. The number of morpholine rings is 1. The summed E-state index contributed by atoms with van der Waals surface area (Å²) >= 11 is 1.70. The van der Waals surface area contributed by atoms with Gasteiger partial charge in [-0.15, -0.1) is 35.3 Å². The Morgan fingerprint density at radius 3 is 2.75 bits per heavy atom. The molecule has 3 rings (SSSR count). The lowest BCUT2D eigenvalue weighted by Gasteiger charge is -2.34. The number of hydrogen-bond acceptors (Lipinski definition) is 6. The summed E-state index contributed by atoms with van der Waals surface area (Å²) in [4.78, 5) is 18.8. The molecule has 1 aromatic heterocycles. The van der Waals surface area contributed by atoms with E-state index >= 15 is 0 Å². The molecule has 2 heterocycles. The van der Waals surface area contributed by atoms with Crippen LogP contribution in [0.25, 0.3) is 0 Å². The smallest absolute Gasteiger partial charge is 0.269 e. The molecule has 8 nitrogen and oxygen atoms in total. The minimum atomic E-state index is -0.393. The summed E-state index contributed by atoms with van der Waals surface area (Å²) in [5.41, 5.74) is 1.00. The van der Waals surface area contributed by atoms with E-state index in [1.165, 1.54) is 17.0 Å². The van der Waals surface area contributed by atoms with Gasteiger partial charge in [-0.25, -0.2) is 4.99 Å². The average Bonchev–Trinajstić information content (AvgIpc) is 3.27. The summed E-state index contributed by atoms with van der Waals surface area (Å²) in [7, 11) is 0. The number of guanidine groups is 1. The molecular formula is C22H32IN5O3S. The Bertz CT molecular complexity index is 846. The van der Waals surface area contributed by atoms with E-state index in [1.807, 2.05) is 6.07 Å². The van der Waals surface area contributed by atoms with Gasteiger partial charge < -0.3 is 15.4 Å². The minimum absolute atomic E-state index is 0. The number of aliphatic imine (C=N–C) groups is 1. The van der Waals surface area contributed by atoms with Gasteiger partial charge >= 0.3 is 0 Å². The fraction of sp³-hybridized carbons (Fsp3) is 0.500. The maximum atomic E-state index is 10.8. The second-order valence-corrected chi connectivity index (χ2v) is 9.08. The molecule has 32 heavy (non-hydrogen) atoms. The maximum absolute atomic E-state index is 10.8. The van der Waals surface area contributed by atoms with E-state index in [-0.39, 0.29) is 35.8 Å². The lowest BCUT2D eigenvalue weighted by molar-refractivity contribution is -0.384. The van der Waals surface area contributed by atoms with Crippen LogP contribution in [0.4, 0.5) is 5.69 Å². The molecule has 1 unspecified atom stereocenters. The maximum Gasteiger partial charge on any atom is 0.269 e. The molecule has 2 N–H and O–H groups in total. The van der Waals surface area contributed by atoms with Gasteiger partial charge in [0.05, 0.1) is 30.7 Å². The summed E-state index contributed by atoms with van der Waals surface area (Å²) in [6, 6.07) is 10.6. The Kier molecular flexibility index (Phi) is 11.4. The molecule has 0 radical (unpaired) electrons. The normalized spacial score (nSPS) is 17.1. The first-order valence-corrected chi connectivity index (χ1v) is 11.5. The second-order valence-electron chi connectivity index (χ2n) is 8.05. The van der Waals surface area contributed by atoms with Crippen molar-refractivity contribution >= 4 is 47.0 Å². The monoisotopic (exact) mass is 573 g/mol. The van der Waals surface area contributed by atoms with Gasteiger partial charge in [-0.05, 0) is 22.9 Å². The number of benzene rings is 1. The number of non-ortho nitro benzene ring substituents is 1. The molecule has 1 saturated heterocycles. The molecule has 1 fully saturated rings. The van der Waals surface area contributed by atoms with Gasteiger partial charge in [-0.3, -0.25) is 15.0 Å². The van der Waals surface area contributed by atoms with Crippen LogP contribution in [-0.2, 0) is 17.8 Å². The Morgan fingerprint density at radius 2 is 2.09 bits per heavy atom. The van der Waals surface area contributed by atoms with Gasteiger partial charge in [-0.2, -0.15) is 0 Å². The van der Waals surface area contributed by atoms with E-state index in [9.17, 15) is 10.1 Å². The number of ether oxygens (including phenoxy) is 1. The summed E-state index contributed by atoms with van der Waals surface area (Å²) in [5, 5.41) is 19.7. The van der Waals surface area contributed by atoms with E-state index < -0.39 is 4.92 Å². The highest BCUT2D eigenvalue weighted by atomic mass is 127. The van der Waals surface area contributed by atoms with E-state index in [4.69, 9.17) is 4.74 Å². The first-order chi connectivity index (χ1) is 15.0. The van der Waals surface area contributed by atoms with Crippen molar-refractivity contribution < 1.29 is 9.66 Å². The molecule has 2 aromatic rings. The van der Waals surface area contributed by atoms with Gasteiger partial charge in [0.25, 0.3) is 5.69 Å². The summed E-state index contributed by atoms with van der Waals surface area (Å²) in [6.07, 6.45) is 0.112. The van der Waals surface area contributed by atoms with Crippen molar-refractivity contribution in [3.63, 3.8) is 0 Å². The molecule has 1 aliphatic rings. The number of nitro benzene ring substituents is 1. The van der Waals surface area contributed by atoms with Crippen molar-refractivity contribution in [2.24, 2.45) is 10.9 Å². The molecule has 0 saturated carbocycles. The standard InChI is InChI=1S/C22H31N5O3S.HI/c1-17(2)15-26-9-10-30-20(16-26)13-24-22(25-14-21-4-3-11-31-21)23-12-18-5-7-19(8-6-18)27(28)29;/h3-8,11,17,20H,9-10,12-16H2,1-2H3,(H2,23,24,25);1H. The van der Waals surface area contributed by atoms with Crippen LogP contribution in [0.5, 0.6) is 0 Å². The predicted octanol–water partition coefficient (Wildman–Crippen LogP) is 3.87. The van der Waals surface area contributed by atoms with Crippen molar-refractivity contribution in [1.82, 2.24) is 15.5 Å². The van der Waals surface area contributed by atoms with Crippen LogP contribution < -0.4 is 10.6 Å². The molecule has 1 atom stereocenters. The van der Waals surface area contributed by atoms with E-state index in [0.717, 1.165) is 31.8 Å². The van der Waals surface area contributed by atoms with Gasteiger partial charge in [0.1, 0.15) is 0 Å². The molecule has 0 bridgehead atoms. The number of thiophene rings is 1. The van der Waals surface area contributed by atoms with Crippen LogP contribution in [0.3, 0.4) is 0 Å². The molecule has 0 aliphatic carbocycles. The highest BCUT2D eigenvalue weighted by Crippen LogP contribution is 2.13. The van der Waals surface area contributed by atoms with Gasteiger partial charge in [0.15, 0.2) is 5.96 Å². The van der Waals surface area contributed by atoms with Gasteiger partial charge in [-0.1, -0.05) is 32.0 Å². The van der Waals surface area contributed by atoms with Crippen molar-refractivity contribution in [2.75, 3.05) is 32.8 Å². The highest BCUT2D eigenvalue weighted by Gasteiger charge is 2.21. The fourth-order valence-electron chi connectivity index (χ4n) is 3.45. The predicted molar refractivity (Wildman–Crippen MR) is 140 cm³/mol. The van der Waals surface area contributed by atoms with Crippen LogP contribution in [0.1, 0.15) is 24.3 Å². The molecule has 176 valence electrons. The number of nitrogens with one attached hydrogen (secondary N) is 2. The molecule has 10 heteroatoms. The zero-order valence-corrected chi connectivity index (χ0v) is 21.7. The summed E-state index contributed by atoms with van der Waals surface area (Å²) in [5.74, 6) is 1.34. The first kappa shape index (κ1) is 26.5. The van der Waals surface area contributed by atoms with Crippen LogP contribution in [0.2, 0.25) is 0 Å². The van der Waals surface area contributed by atoms with Gasteiger partial charge in [0.2, 0.25) is 0 Å². The van der Waals surface area contributed by atoms with Crippen molar-refractivity contribution in [3.8, 4) is 0 Å². The zero-order chi connectivity index (χ0) is 22.1. The molecule has 1 aliphatic heterocycles. The summed E-state index contributed by atoms with van der Waals surface area (Å²) in [6.45, 7) is 9.98. The van der Waals surface area contributed by atoms with E-state index in [2.05, 4.69) is 45.8 Å². The number of rotatable bonds is 9. The zero-order valence-electron chi connectivity index (χ0n) is 18.5. The highest BCUT2D eigenvalue weighted by molar-refractivity contribution is 14.0. The third kappa shape index (κ3) is 9.00. The Balaban J connectivity index is 0.00000363. The quantitative estimate of drug-likeness (QED) is 0.156. The van der Waals surface area contributed by atoms with E-state index in [1.54, 1.807) is 23.5 Å². The lowest BCUT2D eigenvalue weighted by atomic mass is 10.2. The third-order valence-electron chi connectivity index (χ3n) is 4.92. The third-order valence-corrected chi connectivity index (χ3v) is 5.80. The van der Waals surface area contributed by atoms with Crippen molar-refractivity contribution in [1.29, 1.82) is 0 Å². The fourth-order valence-corrected chi connectivity index (χ4v) is 4.09. The van der Waals surface area contributed by atoms with Crippen molar-refractivity contribution in [3.05, 3.63) is 62.3 Å².